The number of aromatic nitrogens is 2. The SMILES string of the molecule is COc1ccc(/C=N\NC(=O)c2n[nH]c3c2CCCC3)cc1. The highest BCUT2D eigenvalue weighted by Gasteiger charge is 2.21. The van der Waals surface area contributed by atoms with Crippen LogP contribution in [0.15, 0.2) is 29.4 Å². The summed E-state index contributed by atoms with van der Waals surface area (Å²) in [7, 11) is 1.62. The number of amides is 1. The number of H-pyrrole nitrogens is 1. The number of ether oxygens (including phenoxy) is 1. The van der Waals surface area contributed by atoms with Crippen LogP contribution in [0.2, 0.25) is 0 Å². The third kappa shape index (κ3) is 3.00. The molecule has 114 valence electrons. The van der Waals surface area contributed by atoms with Gasteiger partial charge in [0, 0.05) is 11.3 Å². The van der Waals surface area contributed by atoms with Crippen molar-refractivity contribution in [3.63, 3.8) is 0 Å². The zero-order valence-corrected chi connectivity index (χ0v) is 12.4. The topological polar surface area (TPSA) is 79.4 Å². The third-order valence-corrected chi connectivity index (χ3v) is 3.77. The van der Waals surface area contributed by atoms with Crippen LogP contribution < -0.4 is 10.2 Å². The molecule has 1 aliphatic rings. The monoisotopic (exact) mass is 298 g/mol. The van der Waals surface area contributed by atoms with Gasteiger partial charge in [-0.1, -0.05) is 0 Å². The number of hydrogen-bond donors (Lipinski definition) is 2. The van der Waals surface area contributed by atoms with E-state index < -0.39 is 0 Å². The van der Waals surface area contributed by atoms with E-state index in [1.165, 1.54) is 0 Å². The van der Waals surface area contributed by atoms with Gasteiger partial charge in [0.15, 0.2) is 5.69 Å². The number of carbonyl (C=O) groups excluding carboxylic acids is 1. The van der Waals surface area contributed by atoms with Gasteiger partial charge in [0.05, 0.1) is 13.3 Å². The molecule has 0 fully saturated rings. The molecule has 1 amide bonds. The minimum atomic E-state index is -0.274. The molecule has 6 nitrogen and oxygen atoms in total. The maximum Gasteiger partial charge on any atom is 0.292 e. The quantitative estimate of drug-likeness (QED) is 0.670. The van der Waals surface area contributed by atoms with Gasteiger partial charge in [0.1, 0.15) is 5.75 Å². The summed E-state index contributed by atoms with van der Waals surface area (Å²) in [5, 5.41) is 11.1. The van der Waals surface area contributed by atoms with Crippen molar-refractivity contribution in [2.75, 3.05) is 7.11 Å². The molecule has 22 heavy (non-hydrogen) atoms. The number of nitrogens with zero attached hydrogens (tertiary/aromatic N) is 2. The van der Waals surface area contributed by atoms with Gasteiger partial charge in [0.25, 0.3) is 5.91 Å². The van der Waals surface area contributed by atoms with Crippen LogP contribution in [-0.2, 0) is 12.8 Å². The zero-order chi connectivity index (χ0) is 15.4. The molecular weight excluding hydrogens is 280 g/mol. The minimum absolute atomic E-state index is 0.274. The molecule has 1 aromatic carbocycles. The lowest BCUT2D eigenvalue weighted by molar-refractivity contribution is 0.0949. The fourth-order valence-corrected chi connectivity index (χ4v) is 2.58. The van der Waals surface area contributed by atoms with Crippen molar-refractivity contribution in [1.82, 2.24) is 15.6 Å². The molecule has 0 atom stereocenters. The van der Waals surface area contributed by atoms with Crippen molar-refractivity contribution in [3.05, 3.63) is 46.8 Å². The molecule has 1 aromatic heterocycles. The van der Waals surface area contributed by atoms with Gasteiger partial charge < -0.3 is 4.74 Å². The fourth-order valence-electron chi connectivity index (χ4n) is 2.58. The zero-order valence-electron chi connectivity index (χ0n) is 12.4. The van der Waals surface area contributed by atoms with Crippen LogP contribution >= 0.6 is 0 Å². The minimum Gasteiger partial charge on any atom is -0.497 e. The van der Waals surface area contributed by atoms with Crippen LogP contribution in [0.3, 0.4) is 0 Å². The highest BCUT2D eigenvalue weighted by molar-refractivity contribution is 5.94. The van der Waals surface area contributed by atoms with E-state index in [-0.39, 0.29) is 5.91 Å². The van der Waals surface area contributed by atoms with E-state index in [2.05, 4.69) is 20.7 Å². The van der Waals surface area contributed by atoms with Crippen molar-refractivity contribution >= 4 is 12.1 Å². The molecule has 3 rings (SSSR count). The number of carbonyl (C=O) groups is 1. The van der Waals surface area contributed by atoms with Crippen LogP contribution in [0.1, 0.15) is 40.2 Å². The van der Waals surface area contributed by atoms with Crippen LogP contribution in [0.5, 0.6) is 5.75 Å². The fraction of sp³-hybridized carbons (Fsp3) is 0.312. The number of hydrogen-bond acceptors (Lipinski definition) is 4. The number of nitrogens with one attached hydrogen (secondary N) is 2. The maximum atomic E-state index is 12.1. The summed E-state index contributed by atoms with van der Waals surface area (Å²) in [6.45, 7) is 0. The van der Waals surface area contributed by atoms with Gasteiger partial charge in [-0.3, -0.25) is 9.89 Å². The maximum absolute atomic E-state index is 12.1. The number of aryl methyl sites for hydroxylation is 1. The second kappa shape index (κ2) is 6.43. The van der Waals surface area contributed by atoms with E-state index in [1.54, 1.807) is 13.3 Å². The summed E-state index contributed by atoms with van der Waals surface area (Å²) in [6.07, 6.45) is 5.70. The molecule has 0 radical (unpaired) electrons. The number of aromatic amines is 1. The predicted octanol–water partition coefficient (Wildman–Crippen LogP) is 2.06. The molecule has 0 spiro atoms. The largest absolute Gasteiger partial charge is 0.497 e. The number of methoxy groups -OCH3 is 1. The Bertz CT molecular complexity index is 689. The lowest BCUT2D eigenvalue weighted by atomic mass is 9.96. The van der Waals surface area contributed by atoms with E-state index in [0.717, 1.165) is 48.3 Å². The molecule has 0 unspecified atom stereocenters. The molecule has 1 aliphatic carbocycles. The van der Waals surface area contributed by atoms with E-state index in [1.807, 2.05) is 24.3 Å². The van der Waals surface area contributed by atoms with E-state index in [9.17, 15) is 4.79 Å². The Balaban J connectivity index is 1.64. The van der Waals surface area contributed by atoms with Crippen molar-refractivity contribution in [2.45, 2.75) is 25.7 Å². The Hall–Kier alpha value is -2.63. The summed E-state index contributed by atoms with van der Waals surface area (Å²) in [6, 6.07) is 7.41. The lowest BCUT2D eigenvalue weighted by Gasteiger charge is -2.10. The first-order valence-electron chi connectivity index (χ1n) is 7.31. The molecule has 0 bridgehead atoms. The highest BCUT2D eigenvalue weighted by atomic mass is 16.5. The van der Waals surface area contributed by atoms with Gasteiger partial charge >= 0.3 is 0 Å². The average Bonchev–Trinajstić information content (AvgIpc) is 2.99. The molecule has 2 N–H and O–H groups in total. The van der Waals surface area contributed by atoms with E-state index >= 15 is 0 Å². The number of hydrazone groups is 1. The van der Waals surface area contributed by atoms with E-state index in [4.69, 9.17) is 4.74 Å². The lowest BCUT2D eigenvalue weighted by Crippen LogP contribution is -2.20. The third-order valence-electron chi connectivity index (χ3n) is 3.77. The van der Waals surface area contributed by atoms with E-state index in [0.29, 0.717) is 5.69 Å². The van der Waals surface area contributed by atoms with Gasteiger partial charge in [0.2, 0.25) is 0 Å². The number of fused-ring (bicyclic) bond motifs is 1. The second-order valence-corrected chi connectivity index (χ2v) is 5.21. The normalized spacial score (nSPS) is 13.9. The van der Waals surface area contributed by atoms with Crippen molar-refractivity contribution in [3.8, 4) is 5.75 Å². The molecule has 0 aliphatic heterocycles. The number of benzene rings is 1. The molecule has 1 heterocycles. The Morgan fingerprint density at radius 1 is 1.32 bits per heavy atom. The summed E-state index contributed by atoms with van der Waals surface area (Å²) in [5.74, 6) is 0.508. The molecule has 2 aromatic rings. The van der Waals surface area contributed by atoms with Gasteiger partial charge in [-0.05, 0) is 55.5 Å². The Morgan fingerprint density at radius 2 is 2.09 bits per heavy atom. The summed E-state index contributed by atoms with van der Waals surface area (Å²) >= 11 is 0. The van der Waals surface area contributed by atoms with Gasteiger partial charge in [-0.2, -0.15) is 10.2 Å². The average molecular weight is 298 g/mol. The van der Waals surface area contributed by atoms with Crippen molar-refractivity contribution in [2.24, 2.45) is 5.10 Å². The highest BCUT2D eigenvalue weighted by Crippen LogP contribution is 2.21. The smallest absolute Gasteiger partial charge is 0.292 e. The Kier molecular flexibility index (Phi) is 4.18. The summed E-state index contributed by atoms with van der Waals surface area (Å²) < 4.78 is 5.09. The first-order valence-corrected chi connectivity index (χ1v) is 7.31. The summed E-state index contributed by atoms with van der Waals surface area (Å²) in [5.41, 5.74) is 5.98. The van der Waals surface area contributed by atoms with Crippen LogP contribution in [0.4, 0.5) is 0 Å². The molecule has 0 saturated carbocycles. The first kappa shape index (κ1) is 14.3. The molecular formula is C16H18N4O2. The molecule has 6 heteroatoms. The number of rotatable bonds is 4. The summed E-state index contributed by atoms with van der Waals surface area (Å²) in [4.78, 5) is 12.1. The van der Waals surface area contributed by atoms with Crippen LogP contribution in [0.25, 0.3) is 0 Å². The van der Waals surface area contributed by atoms with Crippen molar-refractivity contribution < 1.29 is 9.53 Å². The van der Waals surface area contributed by atoms with Crippen LogP contribution in [-0.4, -0.2) is 29.4 Å². The second-order valence-electron chi connectivity index (χ2n) is 5.21. The van der Waals surface area contributed by atoms with Crippen LogP contribution in [0, 0.1) is 0 Å². The Morgan fingerprint density at radius 3 is 2.86 bits per heavy atom. The predicted molar refractivity (Wildman–Crippen MR) is 83.3 cm³/mol. The Labute approximate surface area is 128 Å². The first-order chi connectivity index (χ1) is 10.8. The van der Waals surface area contributed by atoms with Gasteiger partial charge in [-0.25, -0.2) is 5.43 Å². The van der Waals surface area contributed by atoms with Crippen molar-refractivity contribution in [1.29, 1.82) is 0 Å². The van der Waals surface area contributed by atoms with Gasteiger partial charge in [-0.15, -0.1) is 0 Å². The standard InChI is InChI=1S/C16H18N4O2/c1-22-12-8-6-11(7-9-12)10-17-20-16(21)15-13-4-2-3-5-14(13)18-19-15/h6-10H,2-5H2,1H3,(H,18,19)(H,20,21)/b17-10-. The molecule has 0 saturated heterocycles.